The molecule has 9 heteroatoms. The Balaban J connectivity index is 1.99. The van der Waals surface area contributed by atoms with E-state index in [4.69, 9.17) is 31.1 Å². The number of oxazole rings is 1. The number of hydrogen-bond acceptors (Lipinski definition) is 5. The highest BCUT2D eigenvalue weighted by atomic mass is 16.5. The number of hydrogen-bond donors (Lipinski definition) is 3. The van der Waals surface area contributed by atoms with Crippen molar-refractivity contribution in [2.24, 2.45) is 27.2 Å². The van der Waals surface area contributed by atoms with Crippen molar-refractivity contribution in [3.05, 3.63) is 36.4 Å². The number of fused-ring (bicyclic) bond motifs is 1. The second-order valence-electron chi connectivity index (χ2n) is 5.25. The maximum atomic E-state index is 5.80. The molecule has 1 aromatic heterocycles. The fourth-order valence-electron chi connectivity index (χ4n) is 2.37. The molecular weight excluding hydrogens is 336 g/mol. The SMILES string of the molecule is COc1ccc(-c2nc3cc(N=C(N)N=C(N)N)ccc3o2)cc1OC. The van der Waals surface area contributed by atoms with Gasteiger partial charge in [-0.15, -0.1) is 0 Å². The van der Waals surface area contributed by atoms with Gasteiger partial charge in [0.05, 0.1) is 19.9 Å². The van der Waals surface area contributed by atoms with Gasteiger partial charge in [0.25, 0.3) is 0 Å². The van der Waals surface area contributed by atoms with E-state index in [0.717, 1.165) is 5.56 Å². The molecule has 0 saturated carbocycles. The summed E-state index contributed by atoms with van der Waals surface area (Å²) in [5.41, 5.74) is 18.7. The highest BCUT2D eigenvalue weighted by molar-refractivity contribution is 5.94. The topological polar surface area (TPSA) is 147 Å². The van der Waals surface area contributed by atoms with Crippen molar-refractivity contribution in [1.82, 2.24) is 4.98 Å². The van der Waals surface area contributed by atoms with E-state index in [0.29, 0.717) is 34.2 Å². The van der Waals surface area contributed by atoms with E-state index >= 15 is 0 Å². The Labute approximate surface area is 149 Å². The van der Waals surface area contributed by atoms with E-state index in [1.165, 1.54) is 0 Å². The van der Waals surface area contributed by atoms with Crippen molar-refractivity contribution in [1.29, 1.82) is 0 Å². The first-order valence-corrected chi connectivity index (χ1v) is 7.57. The lowest BCUT2D eigenvalue weighted by molar-refractivity contribution is 0.355. The average Bonchev–Trinajstić information content (AvgIpc) is 3.03. The molecule has 0 atom stereocenters. The van der Waals surface area contributed by atoms with Crippen LogP contribution in [-0.4, -0.2) is 31.1 Å². The number of nitrogens with two attached hydrogens (primary N) is 3. The molecule has 2 aromatic carbocycles. The van der Waals surface area contributed by atoms with Crippen molar-refractivity contribution < 1.29 is 13.9 Å². The molecule has 0 saturated heterocycles. The number of benzene rings is 2. The van der Waals surface area contributed by atoms with Crippen molar-refractivity contribution in [3.63, 3.8) is 0 Å². The van der Waals surface area contributed by atoms with E-state index in [1.807, 2.05) is 6.07 Å². The predicted molar refractivity (Wildman–Crippen MR) is 99.6 cm³/mol. The minimum absolute atomic E-state index is 0.0482. The molecule has 0 amide bonds. The second-order valence-corrected chi connectivity index (χ2v) is 5.25. The fourth-order valence-corrected chi connectivity index (χ4v) is 2.37. The van der Waals surface area contributed by atoms with Gasteiger partial charge in [-0.1, -0.05) is 0 Å². The zero-order chi connectivity index (χ0) is 18.7. The summed E-state index contributed by atoms with van der Waals surface area (Å²) >= 11 is 0. The summed E-state index contributed by atoms with van der Waals surface area (Å²) in [4.78, 5) is 12.3. The third-order valence-corrected chi connectivity index (χ3v) is 3.49. The predicted octanol–water partition coefficient (Wildman–Crippen LogP) is 1.73. The summed E-state index contributed by atoms with van der Waals surface area (Å²) in [7, 11) is 3.14. The molecule has 6 N–H and O–H groups in total. The van der Waals surface area contributed by atoms with Gasteiger partial charge in [0, 0.05) is 5.56 Å². The molecule has 3 aromatic rings. The molecule has 9 nitrogen and oxygen atoms in total. The van der Waals surface area contributed by atoms with Crippen LogP contribution in [0, 0.1) is 0 Å². The Morgan fingerprint density at radius 3 is 2.46 bits per heavy atom. The first-order chi connectivity index (χ1) is 12.5. The van der Waals surface area contributed by atoms with Gasteiger partial charge < -0.3 is 31.1 Å². The molecule has 1 heterocycles. The Kier molecular flexibility index (Phi) is 4.61. The molecule has 134 valence electrons. The van der Waals surface area contributed by atoms with Crippen LogP contribution >= 0.6 is 0 Å². The second kappa shape index (κ2) is 7.01. The van der Waals surface area contributed by atoms with Gasteiger partial charge in [-0.3, -0.25) is 0 Å². The van der Waals surface area contributed by atoms with E-state index in [2.05, 4.69) is 15.0 Å². The largest absolute Gasteiger partial charge is 0.493 e. The van der Waals surface area contributed by atoms with Gasteiger partial charge in [0.2, 0.25) is 11.9 Å². The monoisotopic (exact) mass is 354 g/mol. The van der Waals surface area contributed by atoms with E-state index in [9.17, 15) is 0 Å². The van der Waals surface area contributed by atoms with Crippen LogP contribution in [0.25, 0.3) is 22.6 Å². The minimum atomic E-state index is -0.162. The average molecular weight is 354 g/mol. The highest BCUT2D eigenvalue weighted by Crippen LogP contribution is 2.33. The van der Waals surface area contributed by atoms with Gasteiger partial charge in [-0.2, -0.15) is 4.99 Å². The lowest BCUT2D eigenvalue weighted by Gasteiger charge is -2.07. The van der Waals surface area contributed by atoms with Crippen LogP contribution in [0.5, 0.6) is 11.5 Å². The summed E-state index contributed by atoms with van der Waals surface area (Å²) in [6, 6.07) is 10.6. The quantitative estimate of drug-likeness (QED) is 0.477. The highest BCUT2D eigenvalue weighted by Gasteiger charge is 2.12. The number of guanidine groups is 2. The Bertz CT molecular complexity index is 1000. The molecule has 0 unspecified atom stereocenters. The zero-order valence-electron chi connectivity index (χ0n) is 14.3. The Morgan fingerprint density at radius 2 is 1.77 bits per heavy atom. The van der Waals surface area contributed by atoms with Crippen LogP contribution in [0.2, 0.25) is 0 Å². The summed E-state index contributed by atoms with van der Waals surface area (Å²) in [5, 5.41) is 0. The van der Waals surface area contributed by atoms with Crippen molar-refractivity contribution >= 4 is 28.7 Å². The summed E-state index contributed by atoms with van der Waals surface area (Å²) < 4.78 is 16.3. The summed E-state index contributed by atoms with van der Waals surface area (Å²) in [6.45, 7) is 0. The minimum Gasteiger partial charge on any atom is -0.493 e. The van der Waals surface area contributed by atoms with Gasteiger partial charge in [-0.05, 0) is 36.4 Å². The molecule has 0 aliphatic rings. The number of ether oxygens (including phenoxy) is 2. The van der Waals surface area contributed by atoms with Crippen LogP contribution in [-0.2, 0) is 0 Å². The third-order valence-electron chi connectivity index (χ3n) is 3.49. The van der Waals surface area contributed by atoms with Crippen molar-refractivity contribution in [2.75, 3.05) is 14.2 Å². The van der Waals surface area contributed by atoms with E-state index in [-0.39, 0.29) is 11.9 Å². The standard InChI is InChI=1S/C17H18N6O3/c1-24-13-5-3-9(7-14(13)25-2)15-22-11-8-10(4-6-12(11)26-15)21-17(20)23-16(18)19/h3-8H,1-2H3,(H6,18,19,20,21,23). The van der Waals surface area contributed by atoms with Crippen LogP contribution in [0.15, 0.2) is 50.8 Å². The number of nitrogens with zero attached hydrogens (tertiary/aromatic N) is 3. The Morgan fingerprint density at radius 1 is 1.00 bits per heavy atom. The van der Waals surface area contributed by atoms with Gasteiger partial charge >= 0.3 is 0 Å². The normalized spacial score (nSPS) is 11.4. The van der Waals surface area contributed by atoms with Crippen LogP contribution in [0.4, 0.5) is 5.69 Å². The third kappa shape index (κ3) is 3.51. The fraction of sp³-hybridized carbons (Fsp3) is 0.118. The molecule has 0 fully saturated rings. The maximum Gasteiger partial charge on any atom is 0.227 e. The molecule has 26 heavy (non-hydrogen) atoms. The molecule has 0 aliphatic heterocycles. The molecule has 0 aliphatic carbocycles. The maximum absolute atomic E-state index is 5.80. The zero-order valence-corrected chi connectivity index (χ0v) is 14.3. The first kappa shape index (κ1) is 17.1. The number of methoxy groups -OCH3 is 2. The number of rotatable bonds is 4. The lowest BCUT2D eigenvalue weighted by Crippen LogP contribution is -2.26. The van der Waals surface area contributed by atoms with Gasteiger partial charge in [-0.25, -0.2) is 9.98 Å². The molecule has 0 radical (unpaired) electrons. The van der Waals surface area contributed by atoms with Crippen LogP contribution in [0.3, 0.4) is 0 Å². The van der Waals surface area contributed by atoms with Gasteiger partial charge in [0.1, 0.15) is 5.52 Å². The number of aliphatic imine (C=N–C) groups is 2. The molecule has 0 spiro atoms. The molecule has 0 bridgehead atoms. The van der Waals surface area contributed by atoms with E-state index in [1.54, 1.807) is 44.6 Å². The van der Waals surface area contributed by atoms with E-state index < -0.39 is 0 Å². The van der Waals surface area contributed by atoms with Crippen LogP contribution in [0.1, 0.15) is 0 Å². The molecular formula is C17H18N6O3. The Hall–Kier alpha value is -3.75. The summed E-state index contributed by atoms with van der Waals surface area (Å²) in [6.07, 6.45) is 0. The number of aromatic nitrogens is 1. The van der Waals surface area contributed by atoms with Crippen molar-refractivity contribution in [3.8, 4) is 23.0 Å². The van der Waals surface area contributed by atoms with Crippen LogP contribution < -0.4 is 26.7 Å². The van der Waals surface area contributed by atoms with Crippen molar-refractivity contribution in [2.45, 2.75) is 0 Å². The molecule has 3 rings (SSSR count). The smallest absolute Gasteiger partial charge is 0.227 e. The lowest BCUT2D eigenvalue weighted by atomic mass is 10.2. The van der Waals surface area contributed by atoms with Gasteiger partial charge in [0.15, 0.2) is 23.0 Å². The summed E-state index contributed by atoms with van der Waals surface area (Å²) in [5.74, 6) is 1.44. The first-order valence-electron chi connectivity index (χ1n) is 7.57.